The first-order valence-corrected chi connectivity index (χ1v) is 3.35. The monoisotopic (exact) mass is 638 g/mol. The van der Waals surface area contributed by atoms with Gasteiger partial charge in [0.15, 0.2) is 0 Å². The first-order chi connectivity index (χ1) is 3.73. The van der Waals surface area contributed by atoms with Gasteiger partial charge in [-0.15, -0.1) is 0 Å². The fraction of sp³-hybridized carbons (Fsp3) is 0.778. The number of hydrogen-bond acceptors (Lipinski definition) is 0. The molecule has 0 N–H and O–H groups in total. The van der Waals surface area contributed by atoms with Crippen LogP contribution in [-0.2, 0) is 186 Å². The Kier molecular flexibility index (Phi) is 254. The standard InChI is InChI=1S/C5H11.C4H9.10V/c1-5(2,3)4;1-4(2)3;;;;;;;;;;/h1H2,2-4H3;1-3H3;;;;;;;;;;/q2*-1;;;;;;;;;;. The zero-order valence-electron chi connectivity index (χ0n) is 12.2. The Morgan fingerprint density at radius 2 is 0.526 bits per heavy atom. The summed E-state index contributed by atoms with van der Waals surface area (Å²) >= 11 is 0. The third-order valence-electron chi connectivity index (χ3n) is 0. The summed E-state index contributed by atoms with van der Waals surface area (Å²) < 4.78 is 0. The van der Waals surface area contributed by atoms with E-state index in [0.717, 1.165) is 0 Å². The first kappa shape index (κ1) is 85.6. The third-order valence-corrected chi connectivity index (χ3v) is 0. The van der Waals surface area contributed by atoms with Crippen LogP contribution in [-0.4, -0.2) is 0 Å². The Labute approximate surface area is 241 Å². The van der Waals surface area contributed by atoms with Crippen LogP contribution in [0.1, 0.15) is 41.5 Å². The minimum Gasteiger partial charge on any atom is -0.338 e. The maximum absolute atomic E-state index is 3.77. The Hall–Kier alpha value is 5.84. The van der Waals surface area contributed by atoms with Crippen LogP contribution in [0.25, 0.3) is 0 Å². The van der Waals surface area contributed by atoms with E-state index in [1.165, 1.54) is 5.92 Å². The predicted molar refractivity (Wildman–Crippen MR) is 45.1 cm³/mol. The second kappa shape index (κ2) is 56.5. The first-order valence-electron chi connectivity index (χ1n) is 3.35. The minimum atomic E-state index is 0. The van der Waals surface area contributed by atoms with Gasteiger partial charge in [-0.2, -0.15) is 26.2 Å². The van der Waals surface area contributed by atoms with Crippen molar-refractivity contribution < 1.29 is 186 Å². The van der Waals surface area contributed by atoms with Crippen molar-refractivity contribution in [2.24, 2.45) is 5.41 Å². The van der Waals surface area contributed by atoms with Gasteiger partial charge >= 0.3 is 0 Å². The van der Waals surface area contributed by atoms with E-state index in [4.69, 9.17) is 0 Å². The van der Waals surface area contributed by atoms with Gasteiger partial charge in [0.05, 0.1) is 0 Å². The Bertz CT molecular complexity index is 55.8. The van der Waals surface area contributed by atoms with Gasteiger partial charge in [0, 0.05) is 186 Å². The average Bonchev–Trinajstić information content (AvgIpc) is 1.19. The summed E-state index contributed by atoms with van der Waals surface area (Å²) in [5.74, 6) is 1.42. The van der Waals surface area contributed by atoms with Crippen molar-refractivity contribution >= 4 is 0 Å². The predicted octanol–water partition coefficient (Wildman–Crippen LogP) is 3.46. The van der Waals surface area contributed by atoms with Gasteiger partial charge in [0.25, 0.3) is 0 Å². The van der Waals surface area contributed by atoms with E-state index in [1.54, 1.807) is 0 Å². The molecule has 0 aromatic rings. The van der Waals surface area contributed by atoms with Crippen molar-refractivity contribution in [2.75, 3.05) is 0 Å². The zero-order chi connectivity index (χ0) is 8.08. The molecule has 0 unspecified atom stereocenters. The Balaban J connectivity index is -0.00000000340. The molecule has 0 aliphatic carbocycles. The summed E-state index contributed by atoms with van der Waals surface area (Å²) in [5.41, 5.74) is 0.250. The molecule has 0 saturated carbocycles. The number of hydrogen-bond donors (Lipinski definition) is 0. The van der Waals surface area contributed by atoms with Gasteiger partial charge in [-0.1, -0.05) is 20.8 Å². The van der Waals surface area contributed by atoms with Crippen molar-refractivity contribution in [1.82, 2.24) is 0 Å². The van der Waals surface area contributed by atoms with Crippen LogP contribution in [0.2, 0.25) is 0 Å². The summed E-state index contributed by atoms with van der Waals surface area (Å²) in [6, 6.07) is 0. The van der Waals surface area contributed by atoms with Crippen LogP contribution in [0.3, 0.4) is 0 Å². The molecule has 0 spiro atoms. The van der Waals surface area contributed by atoms with Gasteiger partial charge in [0.2, 0.25) is 0 Å². The molecule has 108 valence electrons. The van der Waals surface area contributed by atoms with E-state index in [0.29, 0.717) is 0 Å². The van der Waals surface area contributed by atoms with Gasteiger partial charge in [-0.05, 0) is 0 Å². The maximum atomic E-state index is 3.77. The molecule has 0 bridgehead atoms. The van der Waals surface area contributed by atoms with E-state index in [2.05, 4.69) is 48.5 Å². The summed E-state index contributed by atoms with van der Waals surface area (Å²) in [6.07, 6.45) is 0. The molecular formula is C9H20V10-2. The van der Waals surface area contributed by atoms with Crippen LogP contribution in [0.4, 0.5) is 0 Å². The zero-order valence-corrected chi connectivity index (χ0v) is 26.1. The van der Waals surface area contributed by atoms with Crippen LogP contribution < -0.4 is 0 Å². The van der Waals surface area contributed by atoms with Crippen molar-refractivity contribution in [2.45, 2.75) is 41.5 Å². The largest absolute Gasteiger partial charge is 0.338 e. The van der Waals surface area contributed by atoms with E-state index >= 15 is 0 Å². The molecule has 0 aromatic carbocycles. The van der Waals surface area contributed by atoms with Crippen LogP contribution in [0, 0.1) is 18.3 Å². The van der Waals surface area contributed by atoms with E-state index < -0.39 is 0 Å². The van der Waals surface area contributed by atoms with Crippen molar-refractivity contribution in [3.63, 3.8) is 0 Å². The fourth-order valence-electron chi connectivity index (χ4n) is 0. The molecule has 10 heteroatoms. The molecule has 0 aliphatic rings. The van der Waals surface area contributed by atoms with Gasteiger partial charge in [0.1, 0.15) is 0 Å². The molecule has 0 nitrogen and oxygen atoms in total. The topological polar surface area (TPSA) is 0 Å². The molecular weight excluding hydrogens is 618 g/mol. The molecule has 0 atom stereocenters. The quantitative estimate of drug-likeness (QED) is 0.358. The maximum Gasteiger partial charge on any atom is 0 e. The Morgan fingerprint density at radius 1 is 0.526 bits per heavy atom. The van der Waals surface area contributed by atoms with E-state index in [9.17, 15) is 0 Å². The molecule has 0 rings (SSSR count). The summed E-state index contributed by atoms with van der Waals surface area (Å²) in [5, 5.41) is 0. The normalized spacial score (nSPS) is 5.05. The Morgan fingerprint density at radius 3 is 0.526 bits per heavy atom. The van der Waals surface area contributed by atoms with E-state index in [1.807, 2.05) is 0 Å². The SMILES string of the molecule is C[C-](C)C.[CH2-]C(C)(C)C.[V].[V].[V].[V].[V].[V].[V].[V].[V].[V]. The fourth-order valence-corrected chi connectivity index (χ4v) is 0. The van der Waals surface area contributed by atoms with Gasteiger partial charge < -0.3 is 12.8 Å². The van der Waals surface area contributed by atoms with E-state index in [-0.39, 0.29) is 191 Å². The summed E-state index contributed by atoms with van der Waals surface area (Å²) in [6.45, 7) is 16.2. The molecule has 10 radical (unpaired) electrons. The molecule has 0 aliphatic heterocycles. The van der Waals surface area contributed by atoms with Crippen molar-refractivity contribution in [3.05, 3.63) is 12.8 Å². The van der Waals surface area contributed by atoms with Crippen LogP contribution in [0.15, 0.2) is 0 Å². The second-order valence-corrected chi connectivity index (χ2v) is 4.06. The summed E-state index contributed by atoms with van der Waals surface area (Å²) in [7, 11) is 0. The average molecular weight is 638 g/mol. The molecule has 19 heavy (non-hydrogen) atoms. The molecule has 0 heterocycles. The van der Waals surface area contributed by atoms with Crippen molar-refractivity contribution in [3.8, 4) is 0 Å². The second-order valence-electron chi connectivity index (χ2n) is 4.06. The van der Waals surface area contributed by atoms with Gasteiger partial charge in [-0.3, -0.25) is 0 Å². The smallest absolute Gasteiger partial charge is 0 e. The van der Waals surface area contributed by atoms with Crippen molar-refractivity contribution in [1.29, 1.82) is 0 Å². The number of rotatable bonds is 0. The van der Waals surface area contributed by atoms with Crippen LogP contribution >= 0.6 is 0 Å². The molecule has 0 fully saturated rings. The van der Waals surface area contributed by atoms with Crippen LogP contribution in [0.5, 0.6) is 0 Å². The van der Waals surface area contributed by atoms with Gasteiger partial charge in [-0.25, -0.2) is 0 Å². The molecule has 0 amide bonds. The molecule has 0 saturated heterocycles. The summed E-state index contributed by atoms with van der Waals surface area (Å²) in [4.78, 5) is 0. The third kappa shape index (κ3) is 333. The minimum absolute atomic E-state index is 0. The molecule has 0 aromatic heterocycles.